The van der Waals surface area contributed by atoms with Crippen LogP contribution in [0.15, 0.2) is 22.7 Å². The summed E-state index contributed by atoms with van der Waals surface area (Å²) >= 11 is 3.48. The highest BCUT2D eigenvalue weighted by Gasteiger charge is 2.20. The van der Waals surface area contributed by atoms with Gasteiger partial charge in [0.1, 0.15) is 0 Å². The van der Waals surface area contributed by atoms with E-state index in [2.05, 4.69) is 27.8 Å². The molecule has 0 aliphatic carbocycles. The van der Waals surface area contributed by atoms with Gasteiger partial charge in [-0.1, -0.05) is 22.4 Å². The molecule has 0 aromatic heterocycles. The van der Waals surface area contributed by atoms with E-state index in [4.69, 9.17) is 0 Å². The third kappa shape index (κ3) is 3.09. The molecule has 0 N–H and O–H groups in total. The van der Waals surface area contributed by atoms with E-state index < -0.39 is 0 Å². The van der Waals surface area contributed by atoms with Gasteiger partial charge in [0.05, 0.1) is 4.92 Å². The smallest absolute Gasteiger partial charge is 0.269 e. The SMILES string of the molecule is CC1CCCCN1Cc1cc([N+](=O)[O-])ccc1Br. The number of rotatable bonds is 3. The van der Waals surface area contributed by atoms with Gasteiger partial charge in [0, 0.05) is 29.2 Å². The van der Waals surface area contributed by atoms with Gasteiger partial charge >= 0.3 is 0 Å². The number of nitro groups is 1. The van der Waals surface area contributed by atoms with E-state index in [1.54, 1.807) is 12.1 Å². The average Bonchev–Trinajstić information content (AvgIpc) is 2.34. The van der Waals surface area contributed by atoms with Gasteiger partial charge in [-0.3, -0.25) is 15.0 Å². The number of hydrogen-bond donors (Lipinski definition) is 0. The summed E-state index contributed by atoms with van der Waals surface area (Å²) < 4.78 is 0.950. The van der Waals surface area contributed by atoms with Gasteiger partial charge in [-0.05, 0) is 37.9 Å². The fourth-order valence-electron chi connectivity index (χ4n) is 2.41. The zero-order valence-electron chi connectivity index (χ0n) is 10.4. The maximum atomic E-state index is 10.8. The molecule has 1 fully saturated rings. The van der Waals surface area contributed by atoms with E-state index in [0.717, 1.165) is 23.1 Å². The predicted molar refractivity (Wildman–Crippen MR) is 74.5 cm³/mol. The number of hydrogen-bond acceptors (Lipinski definition) is 3. The van der Waals surface area contributed by atoms with Gasteiger partial charge in [-0.15, -0.1) is 0 Å². The first-order valence-electron chi connectivity index (χ1n) is 6.25. The van der Waals surface area contributed by atoms with Crippen molar-refractivity contribution < 1.29 is 4.92 Å². The van der Waals surface area contributed by atoms with Gasteiger partial charge in [0.15, 0.2) is 0 Å². The molecule has 18 heavy (non-hydrogen) atoms. The van der Waals surface area contributed by atoms with Crippen LogP contribution in [0.1, 0.15) is 31.7 Å². The standard InChI is InChI=1S/C13H17BrN2O2/c1-10-4-2-3-7-15(10)9-11-8-12(16(17)18)5-6-13(11)14/h5-6,8,10H,2-4,7,9H2,1H3. The van der Waals surface area contributed by atoms with E-state index in [9.17, 15) is 10.1 Å². The van der Waals surface area contributed by atoms with E-state index in [1.165, 1.54) is 25.3 Å². The van der Waals surface area contributed by atoms with Gasteiger partial charge in [-0.2, -0.15) is 0 Å². The van der Waals surface area contributed by atoms with Crippen LogP contribution in [0.2, 0.25) is 0 Å². The minimum absolute atomic E-state index is 0.165. The summed E-state index contributed by atoms with van der Waals surface area (Å²) in [6.07, 6.45) is 3.72. The van der Waals surface area contributed by atoms with Crippen LogP contribution >= 0.6 is 15.9 Å². The van der Waals surface area contributed by atoms with Crippen molar-refractivity contribution in [3.05, 3.63) is 38.3 Å². The lowest BCUT2D eigenvalue weighted by molar-refractivity contribution is -0.384. The molecule has 1 heterocycles. The van der Waals surface area contributed by atoms with E-state index in [-0.39, 0.29) is 10.6 Å². The van der Waals surface area contributed by atoms with Crippen LogP contribution in [0.3, 0.4) is 0 Å². The van der Waals surface area contributed by atoms with Crippen LogP contribution < -0.4 is 0 Å². The molecule has 5 heteroatoms. The van der Waals surface area contributed by atoms with Crippen molar-refractivity contribution in [2.75, 3.05) is 6.54 Å². The quantitative estimate of drug-likeness (QED) is 0.631. The molecular formula is C13H17BrN2O2. The van der Waals surface area contributed by atoms with Crippen molar-refractivity contribution in [3.8, 4) is 0 Å². The molecule has 4 nitrogen and oxygen atoms in total. The summed E-state index contributed by atoms with van der Waals surface area (Å²) in [5.74, 6) is 0. The minimum atomic E-state index is -0.338. The number of piperidine rings is 1. The first kappa shape index (κ1) is 13.5. The van der Waals surface area contributed by atoms with Crippen LogP contribution in [0.25, 0.3) is 0 Å². The fourth-order valence-corrected chi connectivity index (χ4v) is 2.78. The number of nitrogens with zero attached hydrogens (tertiary/aromatic N) is 2. The first-order valence-corrected chi connectivity index (χ1v) is 7.04. The number of halogens is 1. The van der Waals surface area contributed by atoms with Crippen molar-refractivity contribution in [2.45, 2.75) is 38.8 Å². The molecule has 98 valence electrons. The zero-order chi connectivity index (χ0) is 13.1. The zero-order valence-corrected chi connectivity index (χ0v) is 12.0. The third-order valence-electron chi connectivity index (χ3n) is 3.55. The van der Waals surface area contributed by atoms with Crippen LogP contribution in [0, 0.1) is 10.1 Å². The van der Waals surface area contributed by atoms with Gasteiger partial charge in [0.25, 0.3) is 5.69 Å². The number of likely N-dealkylation sites (tertiary alicyclic amines) is 1. The molecule has 1 aliphatic rings. The second kappa shape index (κ2) is 5.80. The highest BCUT2D eigenvalue weighted by atomic mass is 79.9. The Morgan fingerprint density at radius 2 is 2.28 bits per heavy atom. The highest BCUT2D eigenvalue weighted by Crippen LogP contribution is 2.26. The van der Waals surface area contributed by atoms with Gasteiger partial charge in [-0.25, -0.2) is 0 Å². The van der Waals surface area contributed by atoms with Crippen molar-refractivity contribution in [2.24, 2.45) is 0 Å². The Labute approximate surface area is 115 Å². The van der Waals surface area contributed by atoms with Gasteiger partial charge in [0.2, 0.25) is 0 Å². The van der Waals surface area contributed by atoms with Crippen LogP contribution in [-0.4, -0.2) is 22.4 Å². The molecule has 1 aliphatic heterocycles. The first-order chi connectivity index (χ1) is 8.58. The summed E-state index contributed by atoms with van der Waals surface area (Å²) in [5, 5.41) is 10.8. The average molecular weight is 313 g/mol. The molecule has 1 unspecified atom stereocenters. The van der Waals surface area contributed by atoms with Crippen molar-refractivity contribution in [1.82, 2.24) is 4.90 Å². The largest absolute Gasteiger partial charge is 0.296 e. The Morgan fingerprint density at radius 3 is 2.94 bits per heavy atom. The molecule has 1 atom stereocenters. The van der Waals surface area contributed by atoms with Crippen molar-refractivity contribution in [1.29, 1.82) is 0 Å². The lowest BCUT2D eigenvalue weighted by Gasteiger charge is -2.33. The summed E-state index contributed by atoms with van der Waals surface area (Å²) in [6, 6.07) is 5.53. The monoisotopic (exact) mass is 312 g/mol. The van der Waals surface area contributed by atoms with E-state index in [0.29, 0.717) is 6.04 Å². The Kier molecular flexibility index (Phi) is 4.35. The normalized spacial score (nSPS) is 20.9. The maximum absolute atomic E-state index is 10.8. The molecule has 0 spiro atoms. The summed E-state index contributed by atoms with van der Waals surface area (Å²) in [4.78, 5) is 12.9. The summed E-state index contributed by atoms with van der Waals surface area (Å²) in [7, 11) is 0. The highest BCUT2D eigenvalue weighted by molar-refractivity contribution is 9.10. The Balaban J connectivity index is 2.17. The molecule has 0 amide bonds. The number of nitro benzene ring substituents is 1. The second-order valence-corrected chi connectivity index (χ2v) is 5.70. The lowest BCUT2D eigenvalue weighted by Crippen LogP contribution is -2.36. The molecule has 0 bridgehead atoms. The van der Waals surface area contributed by atoms with Crippen LogP contribution in [0.5, 0.6) is 0 Å². The lowest BCUT2D eigenvalue weighted by atomic mass is 10.0. The third-order valence-corrected chi connectivity index (χ3v) is 4.33. The topological polar surface area (TPSA) is 46.4 Å². The van der Waals surface area contributed by atoms with Crippen LogP contribution in [-0.2, 0) is 6.54 Å². The second-order valence-electron chi connectivity index (χ2n) is 4.85. The maximum Gasteiger partial charge on any atom is 0.269 e. The Morgan fingerprint density at radius 1 is 1.50 bits per heavy atom. The van der Waals surface area contributed by atoms with E-state index in [1.807, 2.05) is 0 Å². The van der Waals surface area contributed by atoms with Crippen molar-refractivity contribution >= 4 is 21.6 Å². The van der Waals surface area contributed by atoms with Crippen molar-refractivity contribution in [3.63, 3.8) is 0 Å². The fraction of sp³-hybridized carbons (Fsp3) is 0.538. The molecular weight excluding hydrogens is 296 g/mol. The summed E-state index contributed by atoms with van der Waals surface area (Å²) in [6.45, 7) is 4.09. The predicted octanol–water partition coefficient (Wildman–Crippen LogP) is 3.73. The molecule has 1 aromatic rings. The molecule has 1 aromatic carbocycles. The molecule has 0 radical (unpaired) electrons. The molecule has 2 rings (SSSR count). The number of benzene rings is 1. The van der Waals surface area contributed by atoms with E-state index >= 15 is 0 Å². The minimum Gasteiger partial charge on any atom is -0.296 e. The van der Waals surface area contributed by atoms with Crippen LogP contribution in [0.4, 0.5) is 5.69 Å². The van der Waals surface area contributed by atoms with Gasteiger partial charge < -0.3 is 0 Å². The number of non-ortho nitro benzene ring substituents is 1. The summed E-state index contributed by atoms with van der Waals surface area (Å²) in [5.41, 5.74) is 1.16. The Hall–Kier alpha value is -0.940. The molecule has 1 saturated heterocycles. The molecule has 0 saturated carbocycles. The Bertz CT molecular complexity index is 451.